The summed E-state index contributed by atoms with van der Waals surface area (Å²) in [4.78, 5) is 0. The standard InChI is InChI=1S/C2H7BO3.Li.H/c1-2-6-3(4)5;;/h4-5H,2H2,1H3;;/q;+1;-1. The van der Waals surface area contributed by atoms with Crippen LogP contribution in [0.3, 0.4) is 0 Å². The maximum absolute atomic E-state index is 7.89. The summed E-state index contributed by atoms with van der Waals surface area (Å²) in [5.41, 5.74) is 0. The molecule has 0 aliphatic carbocycles. The first-order chi connectivity index (χ1) is 2.77. The van der Waals surface area contributed by atoms with Gasteiger partial charge in [-0.25, -0.2) is 0 Å². The molecule has 0 aromatic rings. The first kappa shape index (κ1) is 10.5. The molecule has 7 heavy (non-hydrogen) atoms. The molecule has 0 aromatic heterocycles. The van der Waals surface area contributed by atoms with E-state index in [1.165, 1.54) is 0 Å². The van der Waals surface area contributed by atoms with E-state index in [-0.39, 0.29) is 20.3 Å². The second kappa shape index (κ2) is 6.54. The molecule has 5 heteroatoms. The molecule has 38 valence electrons. The van der Waals surface area contributed by atoms with E-state index in [0.29, 0.717) is 6.61 Å². The van der Waals surface area contributed by atoms with Gasteiger partial charge < -0.3 is 16.1 Å². The summed E-state index contributed by atoms with van der Waals surface area (Å²) in [5, 5.41) is 15.8. The van der Waals surface area contributed by atoms with Crippen LogP contribution in [0.5, 0.6) is 0 Å². The summed E-state index contributed by atoms with van der Waals surface area (Å²) in [6, 6.07) is 0. The maximum atomic E-state index is 7.89. The third kappa shape index (κ3) is 10.8. The Morgan fingerprint density at radius 1 is 1.71 bits per heavy atom. The summed E-state index contributed by atoms with van der Waals surface area (Å²) in [5.74, 6) is 0. The fraction of sp³-hybridized carbons (Fsp3) is 1.00. The van der Waals surface area contributed by atoms with Crippen molar-refractivity contribution in [2.24, 2.45) is 0 Å². The number of hydrogen-bond donors (Lipinski definition) is 2. The molecule has 0 saturated heterocycles. The Kier molecular flexibility index (Phi) is 9.82. The Balaban J connectivity index is -0.000000125. The second-order valence-corrected chi connectivity index (χ2v) is 0.782. The summed E-state index contributed by atoms with van der Waals surface area (Å²) < 4.78 is 4.15. The van der Waals surface area contributed by atoms with Crippen LogP contribution in [0.25, 0.3) is 0 Å². The zero-order valence-electron chi connectivity index (χ0n) is 5.59. The average Bonchev–Trinajstić information content (AvgIpc) is 1.35. The molecule has 0 atom stereocenters. The molecule has 2 N–H and O–H groups in total. The third-order valence-electron chi connectivity index (χ3n) is 0.316. The average molecular weight is 97.8 g/mol. The zero-order chi connectivity index (χ0) is 4.99. The van der Waals surface area contributed by atoms with Crippen molar-refractivity contribution in [3.8, 4) is 0 Å². The van der Waals surface area contributed by atoms with Gasteiger partial charge in [-0.1, -0.05) is 0 Å². The van der Waals surface area contributed by atoms with Crippen LogP contribution < -0.4 is 18.9 Å². The number of rotatable bonds is 2. The molecule has 0 aliphatic heterocycles. The van der Waals surface area contributed by atoms with Crippen LogP contribution in [0.4, 0.5) is 0 Å². The summed E-state index contributed by atoms with van der Waals surface area (Å²) in [6.07, 6.45) is 0. The quantitative estimate of drug-likeness (QED) is 0.347. The van der Waals surface area contributed by atoms with E-state index >= 15 is 0 Å². The predicted octanol–water partition coefficient (Wildman–Crippen LogP) is -3.89. The van der Waals surface area contributed by atoms with Gasteiger partial charge in [-0.2, -0.15) is 0 Å². The molecule has 0 aliphatic rings. The van der Waals surface area contributed by atoms with Crippen LogP contribution >= 0.6 is 0 Å². The molecule has 0 fully saturated rings. The minimum absolute atomic E-state index is 0. The maximum Gasteiger partial charge on any atom is 1.00 e. The first-order valence-corrected chi connectivity index (χ1v) is 1.75. The van der Waals surface area contributed by atoms with Crippen molar-refractivity contribution in [2.75, 3.05) is 6.61 Å². The van der Waals surface area contributed by atoms with E-state index in [2.05, 4.69) is 4.65 Å². The largest absolute Gasteiger partial charge is 1.00 e. The molecular weight excluding hydrogens is 89.8 g/mol. The zero-order valence-corrected chi connectivity index (χ0v) is 4.59. The van der Waals surface area contributed by atoms with Crippen LogP contribution in [0.2, 0.25) is 0 Å². The van der Waals surface area contributed by atoms with Gasteiger partial charge in [0.1, 0.15) is 0 Å². The smallest absolute Gasteiger partial charge is 1.00 e. The summed E-state index contributed by atoms with van der Waals surface area (Å²) >= 11 is 0. The topological polar surface area (TPSA) is 49.7 Å². The number of hydrogen-bond acceptors (Lipinski definition) is 3. The fourth-order valence-corrected chi connectivity index (χ4v) is 0.149. The van der Waals surface area contributed by atoms with Crippen molar-refractivity contribution in [1.82, 2.24) is 0 Å². The van der Waals surface area contributed by atoms with Crippen molar-refractivity contribution in [3.63, 3.8) is 0 Å². The van der Waals surface area contributed by atoms with Gasteiger partial charge in [0.2, 0.25) is 0 Å². The van der Waals surface area contributed by atoms with Gasteiger partial charge in [0.15, 0.2) is 0 Å². The SMILES string of the molecule is CCOB(O)O.[H-].[Li+]. The van der Waals surface area contributed by atoms with Gasteiger partial charge >= 0.3 is 26.2 Å². The van der Waals surface area contributed by atoms with Crippen LogP contribution in [-0.4, -0.2) is 24.0 Å². The van der Waals surface area contributed by atoms with Crippen molar-refractivity contribution >= 4 is 7.32 Å². The van der Waals surface area contributed by atoms with E-state index in [9.17, 15) is 0 Å². The van der Waals surface area contributed by atoms with Crippen LogP contribution in [0, 0.1) is 0 Å². The Hall–Kier alpha value is 0.542. The molecule has 0 amide bonds. The minimum Gasteiger partial charge on any atom is -1.00 e. The van der Waals surface area contributed by atoms with Crippen LogP contribution in [0.15, 0.2) is 0 Å². The van der Waals surface area contributed by atoms with E-state index in [1.807, 2.05) is 0 Å². The van der Waals surface area contributed by atoms with E-state index < -0.39 is 7.32 Å². The fourth-order valence-electron chi connectivity index (χ4n) is 0.149. The van der Waals surface area contributed by atoms with E-state index in [1.54, 1.807) is 6.92 Å². The van der Waals surface area contributed by atoms with E-state index in [4.69, 9.17) is 10.0 Å². The van der Waals surface area contributed by atoms with Crippen molar-refractivity contribution < 1.29 is 35.0 Å². The predicted molar refractivity (Wildman–Crippen MR) is 22.9 cm³/mol. The molecule has 0 radical (unpaired) electrons. The first-order valence-electron chi connectivity index (χ1n) is 1.75. The van der Waals surface area contributed by atoms with Gasteiger partial charge in [-0.15, -0.1) is 0 Å². The summed E-state index contributed by atoms with van der Waals surface area (Å²) in [7, 11) is -1.60. The van der Waals surface area contributed by atoms with Crippen molar-refractivity contribution in [3.05, 3.63) is 0 Å². The Bertz CT molecular complexity index is 38.5. The third-order valence-corrected chi connectivity index (χ3v) is 0.316. The van der Waals surface area contributed by atoms with Gasteiger partial charge in [0.05, 0.1) is 0 Å². The second-order valence-electron chi connectivity index (χ2n) is 0.782. The molecule has 0 aromatic carbocycles. The van der Waals surface area contributed by atoms with Crippen LogP contribution in [0.1, 0.15) is 8.35 Å². The Labute approximate surface area is 56.5 Å². The molecule has 0 bridgehead atoms. The molecule has 0 heterocycles. The molecular formula is C2H8BLiO3. The van der Waals surface area contributed by atoms with Crippen molar-refractivity contribution in [1.29, 1.82) is 0 Å². The normalized spacial score (nSPS) is 7.29. The van der Waals surface area contributed by atoms with Gasteiger partial charge in [-0.3, -0.25) is 0 Å². The van der Waals surface area contributed by atoms with E-state index in [0.717, 1.165) is 0 Å². The molecule has 3 nitrogen and oxygen atoms in total. The van der Waals surface area contributed by atoms with Gasteiger partial charge in [0.25, 0.3) is 0 Å². The van der Waals surface area contributed by atoms with Crippen molar-refractivity contribution in [2.45, 2.75) is 6.92 Å². The molecule has 0 unspecified atom stereocenters. The Morgan fingerprint density at radius 2 is 2.14 bits per heavy atom. The van der Waals surface area contributed by atoms with Crippen LogP contribution in [-0.2, 0) is 4.65 Å². The molecule has 0 saturated carbocycles. The monoisotopic (exact) mass is 98.1 g/mol. The summed E-state index contributed by atoms with van der Waals surface area (Å²) in [6.45, 7) is 2.01. The van der Waals surface area contributed by atoms with Gasteiger partial charge in [-0.05, 0) is 6.92 Å². The Morgan fingerprint density at radius 3 is 2.14 bits per heavy atom. The molecule has 0 spiro atoms. The minimum atomic E-state index is -1.60. The van der Waals surface area contributed by atoms with Gasteiger partial charge in [0, 0.05) is 6.61 Å². The molecule has 0 rings (SSSR count).